The Balaban J connectivity index is 2.76. The van der Waals surface area contributed by atoms with Crippen molar-refractivity contribution in [2.45, 2.75) is 78.3 Å². The van der Waals surface area contributed by atoms with E-state index in [9.17, 15) is 0 Å². The van der Waals surface area contributed by atoms with E-state index in [-0.39, 0.29) is 0 Å². The summed E-state index contributed by atoms with van der Waals surface area (Å²) in [6.45, 7) is 15.3. The summed E-state index contributed by atoms with van der Waals surface area (Å²) >= 11 is 0. The van der Waals surface area contributed by atoms with E-state index in [2.05, 4.69) is 41.2 Å². The Labute approximate surface area is 121 Å². The van der Waals surface area contributed by atoms with Crippen LogP contribution in [0.3, 0.4) is 0 Å². The highest BCUT2D eigenvalue weighted by atomic mass is 28.4. The molecule has 0 amide bonds. The van der Waals surface area contributed by atoms with Gasteiger partial charge in [0.1, 0.15) is 0 Å². The normalized spacial score (nSPS) is 20.2. The molecule has 0 unspecified atom stereocenters. The lowest BCUT2D eigenvalue weighted by Crippen LogP contribution is -2.52. The summed E-state index contributed by atoms with van der Waals surface area (Å²) in [6, 6.07) is 0. The maximum Gasteiger partial charge on any atom is 0.341 e. The van der Waals surface area contributed by atoms with Crippen LogP contribution < -0.4 is 0 Å². The topological polar surface area (TPSA) is 18.5 Å². The van der Waals surface area contributed by atoms with Gasteiger partial charge in [-0.05, 0) is 31.2 Å². The van der Waals surface area contributed by atoms with Crippen molar-refractivity contribution in [3.63, 3.8) is 0 Å². The van der Waals surface area contributed by atoms with Crippen LogP contribution in [0, 0.1) is 11.8 Å². The average Bonchev–Trinajstić information content (AvgIpc) is 2.34. The molecule has 0 N–H and O–H groups in total. The highest BCUT2D eigenvalue weighted by molar-refractivity contribution is 6.69. The van der Waals surface area contributed by atoms with E-state index in [1.54, 1.807) is 0 Å². The van der Waals surface area contributed by atoms with Gasteiger partial charge in [0.2, 0.25) is 0 Å². The first-order chi connectivity index (χ1) is 8.79. The monoisotopic (exact) mass is 286 g/mol. The van der Waals surface area contributed by atoms with Gasteiger partial charge in [0.05, 0.1) is 0 Å². The Kier molecular flexibility index (Phi) is 6.54. The summed E-state index contributed by atoms with van der Waals surface area (Å²) in [5, 5.41) is 0.301. The predicted molar refractivity (Wildman–Crippen MR) is 84.7 cm³/mol. The van der Waals surface area contributed by atoms with Gasteiger partial charge in [-0.1, -0.05) is 53.9 Å². The van der Waals surface area contributed by atoms with Crippen molar-refractivity contribution in [1.29, 1.82) is 0 Å². The molecular weight excluding hydrogens is 252 g/mol. The van der Waals surface area contributed by atoms with Gasteiger partial charge in [-0.15, -0.1) is 0 Å². The van der Waals surface area contributed by atoms with Crippen LogP contribution in [0.2, 0.25) is 11.6 Å². The van der Waals surface area contributed by atoms with E-state index in [0.717, 1.165) is 13.2 Å². The number of hydrogen-bond acceptors (Lipinski definition) is 2. The molecule has 1 aliphatic rings. The average molecular weight is 287 g/mol. The fourth-order valence-electron chi connectivity index (χ4n) is 2.83. The molecule has 0 atom stereocenters. The van der Waals surface area contributed by atoms with Crippen molar-refractivity contribution in [3.8, 4) is 0 Å². The third-order valence-corrected chi connectivity index (χ3v) is 8.57. The zero-order valence-electron chi connectivity index (χ0n) is 13.9. The van der Waals surface area contributed by atoms with E-state index >= 15 is 0 Å². The minimum absolute atomic E-state index is 0.301. The summed E-state index contributed by atoms with van der Waals surface area (Å²) in [6.07, 6.45) is 6.64. The summed E-state index contributed by atoms with van der Waals surface area (Å²) in [5.74, 6) is 1.17. The summed E-state index contributed by atoms with van der Waals surface area (Å²) in [4.78, 5) is 0. The molecule has 1 aliphatic carbocycles. The van der Waals surface area contributed by atoms with Gasteiger partial charge in [0.15, 0.2) is 0 Å². The Bertz CT molecular complexity index is 245. The van der Waals surface area contributed by atoms with E-state index in [0.29, 0.717) is 16.9 Å². The molecule has 0 aliphatic heterocycles. The van der Waals surface area contributed by atoms with Crippen LogP contribution in [0.25, 0.3) is 0 Å². The standard InChI is InChI=1S/C16H34O2Si/c1-14(2)12-17-19(6,18-13-15(3)4)16(5)10-8-7-9-11-16/h14-15H,7-13H2,1-6H3. The van der Waals surface area contributed by atoms with Crippen molar-refractivity contribution in [2.24, 2.45) is 11.8 Å². The molecule has 0 radical (unpaired) electrons. The largest absolute Gasteiger partial charge is 0.394 e. The molecule has 0 aromatic rings. The smallest absolute Gasteiger partial charge is 0.341 e. The van der Waals surface area contributed by atoms with Crippen LogP contribution in [-0.4, -0.2) is 21.8 Å². The highest BCUT2D eigenvalue weighted by Crippen LogP contribution is 2.51. The van der Waals surface area contributed by atoms with E-state index in [4.69, 9.17) is 8.85 Å². The fraction of sp³-hybridized carbons (Fsp3) is 1.00. The Morgan fingerprint density at radius 2 is 1.32 bits per heavy atom. The molecular formula is C16H34O2Si. The Morgan fingerprint density at radius 3 is 1.68 bits per heavy atom. The SMILES string of the molecule is CC(C)CO[Si](C)(OCC(C)C)C1(C)CCCCC1. The van der Waals surface area contributed by atoms with Gasteiger partial charge in [-0.2, -0.15) is 0 Å². The molecule has 0 heterocycles. The fourth-order valence-corrected chi connectivity index (χ4v) is 6.17. The molecule has 19 heavy (non-hydrogen) atoms. The predicted octanol–water partition coefficient (Wildman–Crippen LogP) is 5.13. The van der Waals surface area contributed by atoms with Gasteiger partial charge < -0.3 is 8.85 Å². The van der Waals surface area contributed by atoms with Crippen molar-refractivity contribution in [1.82, 2.24) is 0 Å². The Morgan fingerprint density at radius 1 is 0.895 bits per heavy atom. The molecule has 0 aromatic carbocycles. The summed E-state index contributed by atoms with van der Waals surface area (Å²) in [7, 11) is -2.10. The van der Waals surface area contributed by atoms with Crippen molar-refractivity contribution < 1.29 is 8.85 Å². The minimum Gasteiger partial charge on any atom is -0.394 e. The first kappa shape index (κ1) is 17.2. The molecule has 0 spiro atoms. The Hall–Kier alpha value is 0.137. The molecule has 0 saturated heterocycles. The van der Waals surface area contributed by atoms with Gasteiger partial charge in [0, 0.05) is 18.3 Å². The number of rotatable bonds is 7. The molecule has 2 nitrogen and oxygen atoms in total. The third kappa shape index (κ3) is 4.87. The second kappa shape index (κ2) is 7.23. The first-order valence-electron chi connectivity index (χ1n) is 8.07. The van der Waals surface area contributed by atoms with E-state index in [1.165, 1.54) is 32.1 Å². The maximum absolute atomic E-state index is 6.40. The molecule has 1 saturated carbocycles. The lowest BCUT2D eigenvalue weighted by Gasteiger charge is -2.46. The molecule has 0 aromatic heterocycles. The highest BCUT2D eigenvalue weighted by Gasteiger charge is 2.51. The van der Waals surface area contributed by atoms with Gasteiger partial charge in [-0.3, -0.25) is 0 Å². The second-order valence-electron chi connectivity index (χ2n) is 7.48. The van der Waals surface area contributed by atoms with Gasteiger partial charge in [0.25, 0.3) is 0 Å². The van der Waals surface area contributed by atoms with Gasteiger partial charge >= 0.3 is 8.56 Å². The van der Waals surface area contributed by atoms with Gasteiger partial charge in [-0.25, -0.2) is 0 Å². The molecule has 3 heteroatoms. The molecule has 0 bridgehead atoms. The van der Waals surface area contributed by atoms with Crippen LogP contribution in [0.4, 0.5) is 0 Å². The van der Waals surface area contributed by atoms with Crippen LogP contribution >= 0.6 is 0 Å². The van der Waals surface area contributed by atoms with Crippen LogP contribution in [0.1, 0.15) is 66.7 Å². The summed E-state index contributed by atoms with van der Waals surface area (Å²) < 4.78 is 12.8. The van der Waals surface area contributed by atoms with Crippen molar-refractivity contribution in [3.05, 3.63) is 0 Å². The van der Waals surface area contributed by atoms with E-state index in [1.807, 2.05) is 0 Å². The molecule has 1 fully saturated rings. The van der Waals surface area contributed by atoms with Crippen LogP contribution in [-0.2, 0) is 8.85 Å². The maximum atomic E-state index is 6.40. The lowest BCUT2D eigenvalue weighted by atomic mass is 9.90. The number of hydrogen-bond donors (Lipinski definition) is 0. The quantitative estimate of drug-likeness (QED) is 0.604. The van der Waals surface area contributed by atoms with Crippen LogP contribution in [0.5, 0.6) is 0 Å². The lowest BCUT2D eigenvalue weighted by molar-refractivity contribution is 0.111. The molecule has 1 rings (SSSR count). The van der Waals surface area contributed by atoms with Crippen LogP contribution in [0.15, 0.2) is 0 Å². The van der Waals surface area contributed by atoms with Crippen molar-refractivity contribution >= 4 is 8.56 Å². The van der Waals surface area contributed by atoms with E-state index < -0.39 is 8.56 Å². The zero-order chi connectivity index (χ0) is 14.5. The minimum atomic E-state index is -2.10. The zero-order valence-corrected chi connectivity index (χ0v) is 14.9. The summed E-state index contributed by atoms with van der Waals surface area (Å²) in [5.41, 5.74) is 0. The first-order valence-corrected chi connectivity index (χ1v) is 10.4. The second-order valence-corrected chi connectivity index (χ2v) is 11.2. The molecule has 114 valence electrons. The van der Waals surface area contributed by atoms with Crippen molar-refractivity contribution in [2.75, 3.05) is 13.2 Å². The third-order valence-electron chi connectivity index (χ3n) is 4.44.